The molecule has 0 saturated carbocycles. The standard InChI is InChI=1S/C37H35N.2C8H10.C2H6/c1-24-11-16-28(17-12-24)38(29-18-13-25(2)14-19-29)36-23-35-31-20-15-27(37(4,5)6)22-33(31)26(3)21-34(35)30-9-7-8-10-32(30)36;2*1-7-3-5-8(2)6-4-7;1-2/h7-23H,1-6H3;2*3-6H,1-2H3;1-2H3. The van der Waals surface area contributed by atoms with Crippen molar-refractivity contribution in [2.24, 2.45) is 0 Å². The zero-order valence-corrected chi connectivity index (χ0v) is 35.9. The zero-order chi connectivity index (χ0) is 40.6. The molecule has 0 aliphatic rings. The fourth-order valence-electron chi connectivity index (χ4n) is 6.90. The van der Waals surface area contributed by atoms with Crippen molar-refractivity contribution in [2.45, 2.75) is 88.5 Å². The second-order valence-corrected chi connectivity index (χ2v) is 16.1. The van der Waals surface area contributed by atoms with Crippen LogP contribution in [0, 0.1) is 48.5 Å². The maximum absolute atomic E-state index is 2.41. The van der Waals surface area contributed by atoms with Gasteiger partial charge in [0.05, 0.1) is 5.69 Å². The predicted molar refractivity (Wildman–Crippen MR) is 250 cm³/mol. The van der Waals surface area contributed by atoms with Crippen molar-refractivity contribution in [2.75, 3.05) is 4.90 Å². The molecule has 1 heteroatoms. The highest BCUT2D eigenvalue weighted by Gasteiger charge is 2.20. The molecule has 0 amide bonds. The Morgan fingerprint density at radius 1 is 0.339 bits per heavy atom. The molecular formula is C55H61N. The summed E-state index contributed by atoms with van der Waals surface area (Å²) in [5.74, 6) is 0. The van der Waals surface area contributed by atoms with Crippen molar-refractivity contribution < 1.29 is 0 Å². The maximum atomic E-state index is 2.41. The van der Waals surface area contributed by atoms with Crippen LogP contribution in [0.2, 0.25) is 0 Å². The molecule has 8 aromatic rings. The highest BCUT2D eigenvalue weighted by molar-refractivity contribution is 6.22. The quantitative estimate of drug-likeness (QED) is 0.163. The topological polar surface area (TPSA) is 3.24 Å². The molecule has 8 rings (SSSR count). The first-order valence-electron chi connectivity index (χ1n) is 20.2. The normalized spacial score (nSPS) is 10.9. The van der Waals surface area contributed by atoms with Crippen molar-refractivity contribution in [3.63, 3.8) is 0 Å². The first-order valence-corrected chi connectivity index (χ1v) is 20.2. The minimum atomic E-state index is 0.109. The van der Waals surface area contributed by atoms with Crippen LogP contribution in [0.15, 0.2) is 152 Å². The van der Waals surface area contributed by atoms with Crippen LogP contribution >= 0.6 is 0 Å². The molecule has 0 N–H and O–H groups in total. The summed E-state index contributed by atoms with van der Waals surface area (Å²) in [5, 5.41) is 7.80. The van der Waals surface area contributed by atoms with Gasteiger partial charge in [0.25, 0.3) is 0 Å². The van der Waals surface area contributed by atoms with E-state index >= 15 is 0 Å². The van der Waals surface area contributed by atoms with E-state index in [1.807, 2.05) is 13.8 Å². The van der Waals surface area contributed by atoms with E-state index < -0.39 is 0 Å². The summed E-state index contributed by atoms with van der Waals surface area (Å²) >= 11 is 0. The molecule has 0 aromatic heterocycles. The molecule has 0 fully saturated rings. The lowest BCUT2D eigenvalue weighted by atomic mass is 9.84. The molecule has 0 bridgehead atoms. The van der Waals surface area contributed by atoms with E-state index in [4.69, 9.17) is 0 Å². The smallest absolute Gasteiger partial charge is 0.0546 e. The van der Waals surface area contributed by atoms with Gasteiger partial charge < -0.3 is 4.90 Å². The zero-order valence-electron chi connectivity index (χ0n) is 35.9. The fourth-order valence-corrected chi connectivity index (χ4v) is 6.90. The summed E-state index contributed by atoms with van der Waals surface area (Å²) in [7, 11) is 0. The number of hydrogen-bond donors (Lipinski definition) is 0. The molecule has 0 spiro atoms. The van der Waals surface area contributed by atoms with Gasteiger partial charge in [-0.25, -0.2) is 0 Å². The van der Waals surface area contributed by atoms with Crippen LogP contribution in [0.4, 0.5) is 17.1 Å². The SMILES string of the molecule is CC.Cc1ccc(C)cc1.Cc1ccc(C)cc1.Cc1ccc(N(c2ccc(C)cc2)c2cc3c4ccc(C(C)(C)C)cc4c(C)cc3c3ccccc23)cc1. The van der Waals surface area contributed by atoms with Gasteiger partial charge in [-0.1, -0.05) is 189 Å². The Kier molecular flexibility index (Phi) is 13.6. The van der Waals surface area contributed by atoms with E-state index in [1.54, 1.807) is 0 Å². The Bertz CT molecular complexity index is 2360. The van der Waals surface area contributed by atoms with Crippen molar-refractivity contribution in [1.82, 2.24) is 0 Å². The fraction of sp³-hybridized carbons (Fsp3) is 0.236. The Morgan fingerprint density at radius 2 is 0.696 bits per heavy atom. The predicted octanol–water partition coefficient (Wildman–Crippen LogP) is 16.5. The van der Waals surface area contributed by atoms with Crippen LogP contribution in [0.1, 0.15) is 79.1 Å². The van der Waals surface area contributed by atoms with Gasteiger partial charge in [-0.05, 0) is 122 Å². The van der Waals surface area contributed by atoms with Crippen LogP contribution in [0.25, 0.3) is 32.3 Å². The van der Waals surface area contributed by atoms with Gasteiger partial charge in [-0.2, -0.15) is 0 Å². The van der Waals surface area contributed by atoms with Crippen LogP contribution in [0.3, 0.4) is 0 Å². The molecule has 0 heterocycles. The molecule has 56 heavy (non-hydrogen) atoms. The number of fused-ring (bicyclic) bond motifs is 5. The highest BCUT2D eigenvalue weighted by Crippen LogP contribution is 2.44. The summed E-state index contributed by atoms with van der Waals surface area (Å²) in [4.78, 5) is 2.41. The van der Waals surface area contributed by atoms with Crippen LogP contribution in [-0.2, 0) is 5.41 Å². The van der Waals surface area contributed by atoms with Crippen molar-refractivity contribution in [3.05, 3.63) is 196 Å². The number of nitrogens with zero attached hydrogens (tertiary/aromatic N) is 1. The minimum Gasteiger partial charge on any atom is -0.310 e. The van der Waals surface area contributed by atoms with Gasteiger partial charge in [0, 0.05) is 16.8 Å². The molecule has 0 aliphatic carbocycles. The largest absolute Gasteiger partial charge is 0.310 e. The molecule has 0 saturated heterocycles. The van der Waals surface area contributed by atoms with Gasteiger partial charge in [0.2, 0.25) is 0 Å². The summed E-state index contributed by atoms with van der Waals surface area (Å²) < 4.78 is 0. The minimum absolute atomic E-state index is 0.109. The average molecular weight is 736 g/mol. The number of rotatable bonds is 3. The van der Waals surface area contributed by atoms with E-state index in [-0.39, 0.29) is 5.41 Å². The van der Waals surface area contributed by atoms with Gasteiger partial charge >= 0.3 is 0 Å². The molecule has 0 atom stereocenters. The van der Waals surface area contributed by atoms with E-state index in [2.05, 4.69) is 226 Å². The first-order chi connectivity index (χ1) is 26.8. The number of anilines is 3. The number of hydrogen-bond acceptors (Lipinski definition) is 1. The average Bonchev–Trinajstić information content (AvgIpc) is 3.20. The maximum Gasteiger partial charge on any atom is 0.0546 e. The lowest BCUT2D eigenvalue weighted by molar-refractivity contribution is 0.591. The molecular weight excluding hydrogens is 675 g/mol. The summed E-state index contributed by atoms with van der Waals surface area (Å²) in [5.41, 5.74) is 14.2. The molecule has 0 radical (unpaired) electrons. The lowest BCUT2D eigenvalue weighted by Crippen LogP contribution is -2.11. The molecule has 1 nitrogen and oxygen atoms in total. The van der Waals surface area contributed by atoms with Crippen LogP contribution in [-0.4, -0.2) is 0 Å². The summed E-state index contributed by atoms with van der Waals surface area (Å²) in [6, 6.07) is 55.4. The molecule has 8 aromatic carbocycles. The second kappa shape index (κ2) is 18.3. The van der Waals surface area contributed by atoms with Crippen molar-refractivity contribution in [3.8, 4) is 0 Å². The lowest BCUT2D eigenvalue weighted by Gasteiger charge is -2.28. The number of aryl methyl sites for hydroxylation is 7. The van der Waals surface area contributed by atoms with E-state index in [0.29, 0.717) is 0 Å². The van der Waals surface area contributed by atoms with Crippen LogP contribution < -0.4 is 4.90 Å². The van der Waals surface area contributed by atoms with E-state index in [1.165, 1.54) is 82.5 Å². The van der Waals surface area contributed by atoms with Crippen molar-refractivity contribution in [1.29, 1.82) is 0 Å². The monoisotopic (exact) mass is 735 g/mol. The van der Waals surface area contributed by atoms with Crippen LogP contribution in [0.5, 0.6) is 0 Å². The third-order valence-electron chi connectivity index (χ3n) is 10.3. The van der Waals surface area contributed by atoms with Gasteiger partial charge in [0.15, 0.2) is 0 Å². The van der Waals surface area contributed by atoms with E-state index in [9.17, 15) is 0 Å². The van der Waals surface area contributed by atoms with Crippen molar-refractivity contribution >= 4 is 49.4 Å². The molecule has 0 aliphatic heterocycles. The van der Waals surface area contributed by atoms with Gasteiger partial charge in [-0.3, -0.25) is 0 Å². The van der Waals surface area contributed by atoms with Gasteiger partial charge in [0.1, 0.15) is 0 Å². The molecule has 0 unspecified atom stereocenters. The Labute approximate surface area is 337 Å². The summed E-state index contributed by atoms with van der Waals surface area (Å²) in [6.45, 7) is 25.8. The highest BCUT2D eigenvalue weighted by atomic mass is 15.1. The Hall–Kier alpha value is -5.66. The third kappa shape index (κ3) is 9.95. The van der Waals surface area contributed by atoms with Gasteiger partial charge in [-0.15, -0.1) is 0 Å². The second-order valence-electron chi connectivity index (χ2n) is 16.1. The van der Waals surface area contributed by atoms with E-state index in [0.717, 1.165) is 11.4 Å². The summed E-state index contributed by atoms with van der Waals surface area (Å²) in [6.07, 6.45) is 0. The Morgan fingerprint density at radius 3 is 1.11 bits per heavy atom. The number of benzene rings is 8. The first kappa shape index (κ1) is 41.5. The molecule has 286 valence electrons. The Balaban J connectivity index is 0.000000274. The third-order valence-corrected chi connectivity index (χ3v) is 10.3.